The molecule has 24 heavy (non-hydrogen) atoms. The molecule has 0 saturated heterocycles. The van der Waals surface area contributed by atoms with E-state index >= 15 is 0 Å². The average Bonchev–Trinajstić information content (AvgIpc) is 2.78. The summed E-state index contributed by atoms with van der Waals surface area (Å²) in [4.78, 5) is 4.20. The second kappa shape index (κ2) is 6.24. The molecule has 0 spiro atoms. The van der Waals surface area contributed by atoms with Crippen molar-refractivity contribution in [2.75, 3.05) is 0 Å². The molecule has 3 aromatic rings. The van der Waals surface area contributed by atoms with E-state index in [1.165, 1.54) is 0 Å². The van der Waals surface area contributed by atoms with E-state index in [-0.39, 0.29) is 11.9 Å². The fourth-order valence-corrected chi connectivity index (χ4v) is 3.51. The minimum atomic E-state index is -4.49. The highest BCUT2D eigenvalue weighted by atomic mass is 79.9. The Labute approximate surface area is 154 Å². The number of hydrogen-bond acceptors (Lipinski definition) is 1. The van der Waals surface area contributed by atoms with Crippen molar-refractivity contribution in [3.63, 3.8) is 0 Å². The predicted molar refractivity (Wildman–Crippen MR) is 92.7 cm³/mol. The quantitative estimate of drug-likeness (QED) is 0.463. The van der Waals surface area contributed by atoms with Gasteiger partial charge < -0.3 is 4.57 Å². The van der Waals surface area contributed by atoms with Gasteiger partial charge in [-0.2, -0.15) is 13.2 Å². The zero-order valence-corrected chi connectivity index (χ0v) is 15.4. The third-order valence-electron chi connectivity index (χ3n) is 3.75. The molecule has 0 aliphatic carbocycles. The lowest BCUT2D eigenvalue weighted by Gasteiger charge is -2.08. The summed E-state index contributed by atoms with van der Waals surface area (Å²) in [5.74, 6) is 0.448. The van der Waals surface area contributed by atoms with Crippen molar-refractivity contribution >= 4 is 50.2 Å². The molecule has 8 heteroatoms. The molecule has 0 fully saturated rings. The van der Waals surface area contributed by atoms with E-state index in [9.17, 15) is 13.2 Å². The Balaban J connectivity index is 2.19. The number of rotatable bonds is 2. The summed E-state index contributed by atoms with van der Waals surface area (Å²) in [6, 6.07) is 7.71. The van der Waals surface area contributed by atoms with Crippen LogP contribution in [0.25, 0.3) is 11.0 Å². The van der Waals surface area contributed by atoms with Crippen LogP contribution in [0.4, 0.5) is 13.2 Å². The third kappa shape index (κ3) is 3.15. The summed E-state index contributed by atoms with van der Waals surface area (Å²) in [6.07, 6.45) is -4.26. The topological polar surface area (TPSA) is 17.8 Å². The van der Waals surface area contributed by atoms with Crippen LogP contribution < -0.4 is 0 Å². The van der Waals surface area contributed by atoms with Crippen LogP contribution in [0.3, 0.4) is 0 Å². The number of nitrogens with zero attached hydrogens (tertiary/aromatic N) is 2. The van der Waals surface area contributed by atoms with Crippen molar-refractivity contribution in [3.8, 4) is 0 Å². The maximum Gasteiger partial charge on any atom is 0.418 e. The molecule has 0 aliphatic heterocycles. The Morgan fingerprint density at radius 3 is 2.38 bits per heavy atom. The fourth-order valence-electron chi connectivity index (χ4n) is 2.53. The molecular formula is C16H10BrCl2F3N2. The van der Waals surface area contributed by atoms with Crippen molar-refractivity contribution in [2.24, 2.45) is 7.05 Å². The number of benzene rings is 2. The second-order valence-corrected chi connectivity index (χ2v) is 7.01. The van der Waals surface area contributed by atoms with Gasteiger partial charge in [0.05, 0.1) is 11.1 Å². The van der Waals surface area contributed by atoms with Gasteiger partial charge in [0, 0.05) is 28.0 Å². The highest BCUT2D eigenvalue weighted by Crippen LogP contribution is 2.37. The van der Waals surface area contributed by atoms with Gasteiger partial charge in [0.25, 0.3) is 0 Å². The van der Waals surface area contributed by atoms with Crippen LogP contribution in [-0.2, 0) is 19.6 Å². The first-order valence-corrected chi connectivity index (χ1v) is 8.38. The molecule has 1 heterocycles. The minimum absolute atomic E-state index is 0.0913. The van der Waals surface area contributed by atoms with Crippen LogP contribution in [0.5, 0.6) is 0 Å². The largest absolute Gasteiger partial charge is 0.418 e. The van der Waals surface area contributed by atoms with Gasteiger partial charge in [0.1, 0.15) is 11.3 Å². The van der Waals surface area contributed by atoms with E-state index in [4.69, 9.17) is 23.2 Å². The van der Waals surface area contributed by atoms with Crippen LogP contribution in [-0.4, -0.2) is 9.55 Å². The molecule has 0 radical (unpaired) electrons. The highest BCUT2D eigenvalue weighted by Gasteiger charge is 2.34. The summed E-state index contributed by atoms with van der Waals surface area (Å²) in [7, 11) is 1.67. The van der Waals surface area contributed by atoms with Crippen molar-refractivity contribution in [1.29, 1.82) is 0 Å². The van der Waals surface area contributed by atoms with Crippen LogP contribution in [0.1, 0.15) is 17.0 Å². The lowest BCUT2D eigenvalue weighted by atomic mass is 10.1. The molecule has 0 atom stereocenters. The lowest BCUT2D eigenvalue weighted by molar-refractivity contribution is -0.136. The zero-order valence-electron chi connectivity index (χ0n) is 12.3. The van der Waals surface area contributed by atoms with Crippen LogP contribution in [0, 0.1) is 0 Å². The maximum absolute atomic E-state index is 13.3. The molecule has 0 unspecified atom stereocenters. The normalized spacial score (nSPS) is 12.1. The van der Waals surface area contributed by atoms with Crippen molar-refractivity contribution < 1.29 is 13.2 Å². The first-order valence-electron chi connectivity index (χ1n) is 6.83. The number of imidazole rings is 1. The Morgan fingerprint density at radius 2 is 1.79 bits per heavy atom. The van der Waals surface area contributed by atoms with Gasteiger partial charge in [-0.3, -0.25) is 0 Å². The molecule has 0 saturated carbocycles. The van der Waals surface area contributed by atoms with Gasteiger partial charge in [-0.1, -0.05) is 45.2 Å². The molecule has 2 nitrogen and oxygen atoms in total. The molecule has 3 rings (SSSR count). The van der Waals surface area contributed by atoms with E-state index in [0.717, 1.165) is 6.07 Å². The fraction of sp³-hybridized carbons (Fsp3) is 0.188. The highest BCUT2D eigenvalue weighted by molar-refractivity contribution is 9.10. The van der Waals surface area contributed by atoms with Gasteiger partial charge >= 0.3 is 6.18 Å². The first-order chi connectivity index (χ1) is 11.2. The zero-order chi connectivity index (χ0) is 17.6. The summed E-state index contributed by atoms with van der Waals surface area (Å²) in [6.45, 7) is 0. The van der Waals surface area contributed by atoms with Gasteiger partial charge in [-0.25, -0.2) is 4.98 Å². The van der Waals surface area contributed by atoms with Crippen molar-refractivity contribution in [1.82, 2.24) is 9.55 Å². The first kappa shape index (κ1) is 17.6. The van der Waals surface area contributed by atoms with E-state index in [2.05, 4.69) is 20.9 Å². The molecule has 2 aromatic carbocycles. The Kier molecular flexibility index (Phi) is 4.57. The Morgan fingerprint density at radius 1 is 1.17 bits per heavy atom. The standard InChI is InChI=1S/C16H10BrCl2F3N2/c1-24-13-6-8(17)5-10(16(20,21)22)15(13)23-14(24)7-9-11(18)3-2-4-12(9)19/h2-6H,7H2,1H3. The summed E-state index contributed by atoms with van der Waals surface area (Å²) >= 11 is 15.4. The third-order valence-corrected chi connectivity index (χ3v) is 4.91. The lowest BCUT2D eigenvalue weighted by Crippen LogP contribution is -2.06. The molecule has 0 bridgehead atoms. The van der Waals surface area contributed by atoms with E-state index in [0.29, 0.717) is 31.4 Å². The smallest absolute Gasteiger partial charge is 0.331 e. The number of aryl methyl sites for hydroxylation is 1. The average molecular weight is 438 g/mol. The monoisotopic (exact) mass is 436 g/mol. The number of hydrogen-bond donors (Lipinski definition) is 0. The summed E-state index contributed by atoms with van der Waals surface area (Å²) < 4.78 is 41.8. The molecule has 126 valence electrons. The van der Waals surface area contributed by atoms with E-state index in [1.54, 1.807) is 35.9 Å². The van der Waals surface area contributed by atoms with Crippen LogP contribution in [0.15, 0.2) is 34.8 Å². The van der Waals surface area contributed by atoms with Crippen LogP contribution in [0.2, 0.25) is 10.0 Å². The van der Waals surface area contributed by atoms with E-state index in [1.807, 2.05) is 0 Å². The second-order valence-electron chi connectivity index (χ2n) is 5.28. The predicted octanol–water partition coefficient (Wildman–Crippen LogP) is 6.25. The summed E-state index contributed by atoms with van der Waals surface area (Å²) in [5.41, 5.74) is 0.145. The molecule has 0 N–H and O–H groups in total. The van der Waals surface area contributed by atoms with Gasteiger partial charge in [0.2, 0.25) is 0 Å². The van der Waals surface area contributed by atoms with E-state index < -0.39 is 11.7 Å². The van der Waals surface area contributed by atoms with Gasteiger partial charge in [-0.15, -0.1) is 0 Å². The molecule has 0 aliphatic rings. The minimum Gasteiger partial charge on any atom is -0.331 e. The van der Waals surface area contributed by atoms with Crippen molar-refractivity contribution in [2.45, 2.75) is 12.6 Å². The Hall–Kier alpha value is -1.24. The number of fused-ring (bicyclic) bond motifs is 1. The maximum atomic E-state index is 13.3. The number of halogens is 6. The summed E-state index contributed by atoms with van der Waals surface area (Å²) in [5, 5.41) is 0.901. The number of alkyl halides is 3. The molecular weight excluding hydrogens is 428 g/mol. The van der Waals surface area contributed by atoms with Gasteiger partial charge in [0.15, 0.2) is 0 Å². The molecule has 1 aromatic heterocycles. The Bertz CT molecular complexity index is 915. The number of aromatic nitrogens is 2. The molecule has 0 amide bonds. The van der Waals surface area contributed by atoms with Crippen molar-refractivity contribution in [3.05, 3.63) is 61.8 Å². The van der Waals surface area contributed by atoms with Crippen LogP contribution >= 0.6 is 39.1 Å². The SMILES string of the molecule is Cn1c(Cc2c(Cl)cccc2Cl)nc2c(C(F)(F)F)cc(Br)cc21. The van der Waals surface area contributed by atoms with Gasteiger partial charge in [-0.05, 0) is 29.8 Å².